The number of hydrogen-bond donors (Lipinski definition) is 2. The minimum Gasteiger partial charge on any atom is -0.375 e. The maximum Gasteiger partial charge on any atom is 0.242 e. The molecule has 0 saturated carbocycles. The van der Waals surface area contributed by atoms with Crippen molar-refractivity contribution in [3.63, 3.8) is 0 Å². The first-order valence-electron chi connectivity index (χ1n) is 8.35. The molecule has 7 heteroatoms. The van der Waals surface area contributed by atoms with Crippen molar-refractivity contribution in [1.29, 1.82) is 0 Å². The summed E-state index contributed by atoms with van der Waals surface area (Å²) < 4.78 is 0. The molecular formula is C17H23N5OS. The summed E-state index contributed by atoms with van der Waals surface area (Å²) in [6.07, 6.45) is 7.51. The molecule has 1 aliphatic heterocycles. The zero-order valence-corrected chi connectivity index (χ0v) is 14.5. The quantitative estimate of drug-likeness (QED) is 0.750. The standard InChI is InChI=1S/C17H23N5OS/c18-17-21-14(12-24-17)6-4-8-20-16(23)15(22-9-1-2-10-22)13-5-3-7-19-11-13/h3,5,7,11-12,15H,1-2,4,6,8-10H2,(H2,18,21)(H,20,23). The normalized spacial score (nSPS) is 16.2. The Morgan fingerprint density at radius 3 is 2.92 bits per heavy atom. The lowest BCUT2D eigenvalue weighted by Gasteiger charge is -2.26. The lowest BCUT2D eigenvalue weighted by Crippen LogP contribution is -2.39. The molecule has 0 aliphatic carbocycles. The monoisotopic (exact) mass is 345 g/mol. The van der Waals surface area contributed by atoms with Crippen LogP contribution in [-0.2, 0) is 11.2 Å². The van der Waals surface area contributed by atoms with Crippen LogP contribution in [0, 0.1) is 0 Å². The highest BCUT2D eigenvalue weighted by atomic mass is 32.1. The van der Waals surface area contributed by atoms with Gasteiger partial charge in [0.1, 0.15) is 6.04 Å². The van der Waals surface area contributed by atoms with E-state index in [0.717, 1.165) is 50.0 Å². The van der Waals surface area contributed by atoms with E-state index in [1.54, 1.807) is 12.4 Å². The van der Waals surface area contributed by atoms with E-state index in [0.29, 0.717) is 11.7 Å². The molecule has 128 valence electrons. The lowest BCUT2D eigenvalue weighted by molar-refractivity contribution is -0.126. The van der Waals surface area contributed by atoms with Crippen molar-refractivity contribution < 1.29 is 4.79 Å². The Bertz CT molecular complexity index is 654. The molecule has 0 bridgehead atoms. The Balaban J connectivity index is 1.55. The molecule has 1 amide bonds. The van der Waals surface area contributed by atoms with Gasteiger partial charge in [-0.05, 0) is 50.4 Å². The van der Waals surface area contributed by atoms with E-state index in [9.17, 15) is 4.79 Å². The third-order valence-electron chi connectivity index (χ3n) is 4.23. The van der Waals surface area contributed by atoms with Gasteiger partial charge in [-0.25, -0.2) is 4.98 Å². The molecule has 1 aliphatic rings. The van der Waals surface area contributed by atoms with Gasteiger partial charge in [-0.1, -0.05) is 6.07 Å². The number of rotatable bonds is 7. The molecule has 3 rings (SSSR count). The molecule has 0 spiro atoms. The highest BCUT2D eigenvalue weighted by Crippen LogP contribution is 2.24. The van der Waals surface area contributed by atoms with Crippen LogP contribution >= 0.6 is 11.3 Å². The number of carbonyl (C=O) groups excluding carboxylic acids is 1. The van der Waals surface area contributed by atoms with Crippen molar-refractivity contribution in [3.05, 3.63) is 41.2 Å². The number of carbonyl (C=O) groups is 1. The Morgan fingerprint density at radius 1 is 1.42 bits per heavy atom. The van der Waals surface area contributed by atoms with E-state index in [1.165, 1.54) is 11.3 Å². The van der Waals surface area contributed by atoms with E-state index < -0.39 is 0 Å². The zero-order chi connectivity index (χ0) is 16.8. The Labute approximate surface area is 146 Å². The number of nitrogens with zero attached hydrogens (tertiary/aromatic N) is 3. The maximum atomic E-state index is 12.7. The number of likely N-dealkylation sites (tertiary alicyclic amines) is 1. The summed E-state index contributed by atoms with van der Waals surface area (Å²) in [6, 6.07) is 3.63. The molecule has 1 fully saturated rings. The van der Waals surface area contributed by atoms with Crippen LogP contribution in [0.1, 0.15) is 36.6 Å². The summed E-state index contributed by atoms with van der Waals surface area (Å²) in [5.74, 6) is 0.0580. The molecule has 0 radical (unpaired) electrons. The molecule has 1 unspecified atom stereocenters. The van der Waals surface area contributed by atoms with Gasteiger partial charge in [0.05, 0.1) is 5.69 Å². The Morgan fingerprint density at radius 2 is 2.25 bits per heavy atom. The fourth-order valence-corrected chi connectivity index (χ4v) is 3.68. The molecule has 3 heterocycles. The predicted molar refractivity (Wildman–Crippen MR) is 95.6 cm³/mol. The third-order valence-corrected chi connectivity index (χ3v) is 4.96. The third kappa shape index (κ3) is 4.30. The summed E-state index contributed by atoms with van der Waals surface area (Å²) in [4.78, 5) is 23.4. The number of hydrogen-bond acceptors (Lipinski definition) is 6. The van der Waals surface area contributed by atoms with Gasteiger partial charge in [0, 0.05) is 24.3 Å². The van der Waals surface area contributed by atoms with E-state index in [2.05, 4.69) is 20.2 Å². The van der Waals surface area contributed by atoms with E-state index >= 15 is 0 Å². The second kappa shape index (κ2) is 8.21. The van der Waals surface area contributed by atoms with Crippen LogP contribution in [0.15, 0.2) is 29.9 Å². The highest BCUT2D eigenvalue weighted by Gasteiger charge is 2.29. The molecular weight excluding hydrogens is 322 g/mol. The minimum absolute atomic E-state index is 0.0580. The summed E-state index contributed by atoms with van der Waals surface area (Å²) in [5, 5.41) is 5.64. The maximum absolute atomic E-state index is 12.7. The van der Waals surface area contributed by atoms with Crippen molar-refractivity contribution in [2.24, 2.45) is 0 Å². The first-order chi connectivity index (χ1) is 11.7. The van der Waals surface area contributed by atoms with Crippen LogP contribution in [0.25, 0.3) is 0 Å². The van der Waals surface area contributed by atoms with Gasteiger partial charge in [0.15, 0.2) is 5.13 Å². The summed E-state index contributed by atoms with van der Waals surface area (Å²) >= 11 is 1.45. The highest BCUT2D eigenvalue weighted by molar-refractivity contribution is 7.13. The van der Waals surface area contributed by atoms with Gasteiger partial charge in [-0.3, -0.25) is 14.7 Å². The van der Waals surface area contributed by atoms with E-state index in [-0.39, 0.29) is 11.9 Å². The van der Waals surface area contributed by atoms with Crippen LogP contribution in [0.5, 0.6) is 0 Å². The predicted octanol–water partition coefficient (Wildman–Crippen LogP) is 2.01. The fourth-order valence-electron chi connectivity index (χ4n) is 3.08. The molecule has 3 N–H and O–H groups in total. The lowest BCUT2D eigenvalue weighted by atomic mass is 10.1. The number of amides is 1. The Hall–Kier alpha value is -1.99. The summed E-state index contributed by atoms with van der Waals surface area (Å²) in [7, 11) is 0. The van der Waals surface area contributed by atoms with Gasteiger partial charge in [0.2, 0.25) is 5.91 Å². The number of anilines is 1. The molecule has 2 aromatic heterocycles. The van der Waals surface area contributed by atoms with Crippen molar-refractivity contribution in [3.8, 4) is 0 Å². The van der Waals surface area contributed by atoms with E-state index in [4.69, 9.17) is 5.73 Å². The van der Waals surface area contributed by atoms with Crippen LogP contribution in [0.3, 0.4) is 0 Å². The number of nitrogen functional groups attached to an aromatic ring is 1. The first-order valence-corrected chi connectivity index (χ1v) is 9.23. The van der Waals surface area contributed by atoms with Crippen LogP contribution in [-0.4, -0.2) is 40.4 Å². The average Bonchev–Trinajstić information content (AvgIpc) is 3.25. The zero-order valence-electron chi connectivity index (χ0n) is 13.6. The average molecular weight is 345 g/mol. The van der Waals surface area contributed by atoms with Crippen molar-refractivity contribution in [2.45, 2.75) is 31.7 Å². The minimum atomic E-state index is -0.240. The first kappa shape index (κ1) is 16.9. The van der Waals surface area contributed by atoms with Gasteiger partial charge < -0.3 is 11.1 Å². The van der Waals surface area contributed by atoms with Crippen molar-refractivity contribution in [2.75, 3.05) is 25.4 Å². The second-order valence-electron chi connectivity index (χ2n) is 6.00. The topological polar surface area (TPSA) is 84.1 Å². The summed E-state index contributed by atoms with van der Waals surface area (Å²) in [5.41, 5.74) is 7.59. The molecule has 24 heavy (non-hydrogen) atoms. The molecule has 0 aromatic carbocycles. The number of thiazole rings is 1. The fraction of sp³-hybridized carbons (Fsp3) is 0.471. The number of aromatic nitrogens is 2. The smallest absolute Gasteiger partial charge is 0.242 e. The van der Waals surface area contributed by atoms with Gasteiger partial charge >= 0.3 is 0 Å². The van der Waals surface area contributed by atoms with Crippen LogP contribution < -0.4 is 11.1 Å². The van der Waals surface area contributed by atoms with Gasteiger partial charge in [0.25, 0.3) is 0 Å². The molecule has 2 aromatic rings. The molecule has 1 atom stereocenters. The van der Waals surface area contributed by atoms with Crippen molar-refractivity contribution >= 4 is 22.4 Å². The van der Waals surface area contributed by atoms with Crippen molar-refractivity contribution in [1.82, 2.24) is 20.2 Å². The number of aryl methyl sites for hydroxylation is 1. The van der Waals surface area contributed by atoms with Gasteiger partial charge in [-0.2, -0.15) is 0 Å². The largest absolute Gasteiger partial charge is 0.375 e. The van der Waals surface area contributed by atoms with Gasteiger partial charge in [-0.15, -0.1) is 11.3 Å². The van der Waals surface area contributed by atoms with E-state index in [1.807, 2.05) is 17.5 Å². The second-order valence-corrected chi connectivity index (χ2v) is 6.89. The van der Waals surface area contributed by atoms with Crippen LogP contribution in [0.2, 0.25) is 0 Å². The number of nitrogens with one attached hydrogen (secondary N) is 1. The molecule has 6 nitrogen and oxygen atoms in total. The SMILES string of the molecule is Nc1nc(CCCNC(=O)C(c2cccnc2)N2CCCC2)cs1. The number of pyridine rings is 1. The Kier molecular flexibility index (Phi) is 5.77. The summed E-state index contributed by atoms with van der Waals surface area (Å²) in [6.45, 7) is 2.57. The van der Waals surface area contributed by atoms with Crippen LogP contribution in [0.4, 0.5) is 5.13 Å². The number of nitrogens with two attached hydrogens (primary N) is 1. The molecule has 1 saturated heterocycles.